The molecule has 1 heterocycles. The Balaban J connectivity index is 1.96. The molecule has 5 nitrogen and oxygen atoms in total. The molecule has 1 saturated carbocycles. The molecule has 27 heavy (non-hydrogen) atoms. The number of hydrogen-bond donors (Lipinski definition) is 1. The maximum absolute atomic E-state index is 13.8. The molecule has 3 rings (SSSR count). The molecule has 0 saturated heterocycles. The lowest BCUT2D eigenvalue weighted by Gasteiger charge is -2.23. The molecule has 1 aromatic heterocycles. The van der Waals surface area contributed by atoms with Crippen molar-refractivity contribution in [3.05, 3.63) is 45.4 Å². The summed E-state index contributed by atoms with van der Waals surface area (Å²) in [4.78, 5) is 16.9. The van der Waals surface area contributed by atoms with E-state index in [9.17, 15) is 18.8 Å². The molecule has 0 spiro atoms. The minimum Gasteiger partial charge on any atom is -0.301 e. The molecule has 1 aromatic carbocycles. The van der Waals surface area contributed by atoms with Crippen LogP contribution in [-0.2, 0) is 4.79 Å². The first-order valence-corrected chi connectivity index (χ1v) is 9.26. The van der Waals surface area contributed by atoms with Crippen LogP contribution in [0.3, 0.4) is 0 Å². The van der Waals surface area contributed by atoms with E-state index in [-0.39, 0.29) is 29.1 Å². The summed E-state index contributed by atoms with van der Waals surface area (Å²) >= 11 is 6.88. The summed E-state index contributed by atoms with van der Waals surface area (Å²) in [6.45, 7) is 0. The van der Waals surface area contributed by atoms with E-state index in [0.29, 0.717) is 9.90 Å². The molecule has 9 heteroatoms. The second-order valence-electron chi connectivity index (χ2n) is 6.32. The highest BCUT2D eigenvalue weighted by Gasteiger charge is 2.45. The number of amides is 1. The molecule has 138 valence electrons. The zero-order valence-electron chi connectivity index (χ0n) is 13.9. The minimum atomic E-state index is -2.82. The molecule has 1 aliphatic rings. The predicted octanol–water partition coefficient (Wildman–Crippen LogP) is 4.70. The van der Waals surface area contributed by atoms with Gasteiger partial charge in [0.15, 0.2) is 5.13 Å². The second-order valence-corrected chi connectivity index (χ2v) is 7.99. The maximum atomic E-state index is 13.8. The molecule has 0 bridgehead atoms. The molecule has 0 aliphatic heterocycles. The average molecular weight is 407 g/mol. The minimum absolute atomic E-state index is 0.106. The number of thiazole rings is 1. The second kappa shape index (κ2) is 7.59. The van der Waals surface area contributed by atoms with Crippen molar-refractivity contribution in [3.8, 4) is 12.1 Å². The highest BCUT2D eigenvalue weighted by atomic mass is 35.5. The van der Waals surface area contributed by atoms with E-state index in [2.05, 4.69) is 10.3 Å². The molecule has 2 atom stereocenters. The van der Waals surface area contributed by atoms with Gasteiger partial charge in [-0.25, -0.2) is 13.8 Å². The van der Waals surface area contributed by atoms with Crippen molar-refractivity contribution < 1.29 is 13.6 Å². The largest absolute Gasteiger partial charge is 0.301 e. The predicted molar refractivity (Wildman–Crippen MR) is 96.7 cm³/mol. The van der Waals surface area contributed by atoms with Crippen molar-refractivity contribution in [2.75, 3.05) is 5.32 Å². The van der Waals surface area contributed by atoms with Gasteiger partial charge in [0.05, 0.1) is 23.2 Å². The summed E-state index contributed by atoms with van der Waals surface area (Å²) in [6.07, 6.45) is 0.874. The first-order valence-electron chi connectivity index (χ1n) is 8.07. The van der Waals surface area contributed by atoms with Crippen LogP contribution in [0.4, 0.5) is 13.9 Å². The van der Waals surface area contributed by atoms with Gasteiger partial charge in [0.1, 0.15) is 16.5 Å². The Morgan fingerprint density at radius 2 is 2.11 bits per heavy atom. The Labute approximate surface area is 163 Å². The Morgan fingerprint density at radius 1 is 1.37 bits per heavy atom. The van der Waals surface area contributed by atoms with E-state index in [1.54, 1.807) is 0 Å². The summed E-state index contributed by atoms with van der Waals surface area (Å²) in [5, 5.41) is 21.2. The Hall–Kier alpha value is -2.55. The van der Waals surface area contributed by atoms with E-state index < -0.39 is 30.1 Å². The van der Waals surface area contributed by atoms with Gasteiger partial charge in [-0.05, 0) is 30.0 Å². The van der Waals surface area contributed by atoms with E-state index >= 15 is 0 Å². The van der Waals surface area contributed by atoms with E-state index in [1.165, 1.54) is 24.4 Å². The van der Waals surface area contributed by atoms with Gasteiger partial charge < -0.3 is 5.32 Å². The number of rotatable bonds is 4. The maximum Gasteiger partial charge on any atom is 0.248 e. The molecule has 0 radical (unpaired) electrons. The van der Waals surface area contributed by atoms with Crippen molar-refractivity contribution in [3.63, 3.8) is 0 Å². The lowest BCUT2D eigenvalue weighted by atomic mass is 9.83. The zero-order chi connectivity index (χ0) is 19.6. The Kier molecular flexibility index (Phi) is 5.41. The molecule has 1 amide bonds. The normalized spacial score (nSPS) is 19.1. The summed E-state index contributed by atoms with van der Waals surface area (Å²) in [5.41, 5.74) is 0.701. The number of alkyl halides is 2. The van der Waals surface area contributed by atoms with Crippen LogP contribution in [0.15, 0.2) is 24.4 Å². The van der Waals surface area contributed by atoms with Crippen LogP contribution in [0.25, 0.3) is 0 Å². The third kappa shape index (κ3) is 4.24. The van der Waals surface area contributed by atoms with E-state index in [1.807, 2.05) is 12.1 Å². The number of benzene rings is 1. The van der Waals surface area contributed by atoms with Crippen molar-refractivity contribution in [2.45, 2.75) is 31.1 Å². The first kappa shape index (κ1) is 19.2. The number of nitriles is 2. The highest BCUT2D eigenvalue weighted by Crippen LogP contribution is 2.46. The van der Waals surface area contributed by atoms with Crippen LogP contribution in [0.2, 0.25) is 4.34 Å². The molecule has 2 aromatic rings. The summed E-state index contributed by atoms with van der Waals surface area (Å²) in [7, 11) is 0. The summed E-state index contributed by atoms with van der Waals surface area (Å²) in [6, 6.07) is 8.20. The fourth-order valence-corrected chi connectivity index (χ4v) is 4.16. The Bertz CT molecular complexity index is 963. The topological polar surface area (TPSA) is 89.6 Å². The van der Waals surface area contributed by atoms with Crippen molar-refractivity contribution in [2.24, 2.45) is 5.92 Å². The fourth-order valence-electron chi connectivity index (χ4n) is 3.35. The molecular formula is C18H13ClF2N4OS. The smallest absolute Gasteiger partial charge is 0.248 e. The van der Waals surface area contributed by atoms with Crippen LogP contribution in [0, 0.1) is 28.6 Å². The number of nitrogens with one attached hydrogen (secondary N) is 1. The van der Waals surface area contributed by atoms with Gasteiger partial charge in [0, 0.05) is 12.8 Å². The molecule has 0 unspecified atom stereocenters. The van der Waals surface area contributed by atoms with Crippen LogP contribution in [0.5, 0.6) is 0 Å². The van der Waals surface area contributed by atoms with Crippen LogP contribution in [0.1, 0.15) is 41.9 Å². The summed E-state index contributed by atoms with van der Waals surface area (Å²) in [5.74, 6) is -4.79. The fraction of sp³-hybridized carbons (Fsp3) is 0.333. The van der Waals surface area contributed by atoms with Gasteiger partial charge in [-0.2, -0.15) is 10.5 Å². The summed E-state index contributed by atoms with van der Waals surface area (Å²) < 4.78 is 27.9. The van der Waals surface area contributed by atoms with Gasteiger partial charge in [-0.15, -0.1) is 0 Å². The van der Waals surface area contributed by atoms with E-state index in [4.69, 9.17) is 16.9 Å². The number of nitrogens with zero attached hydrogens (tertiary/aromatic N) is 3. The molecule has 1 aliphatic carbocycles. The number of anilines is 1. The number of hydrogen-bond acceptors (Lipinski definition) is 5. The van der Waals surface area contributed by atoms with Crippen molar-refractivity contribution >= 4 is 34.0 Å². The van der Waals surface area contributed by atoms with Gasteiger partial charge in [0.25, 0.3) is 0 Å². The highest BCUT2D eigenvalue weighted by molar-refractivity contribution is 7.19. The van der Waals surface area contributed by atoms with Crippen LogP contribution < -0.4 is 5.32 Å². The average Bonchev–Trinajstić information content (AvgIpc) is 3.19. The standard InChI is InChI=1S/C18H13ClF2N4OS/c19-14-9-24-17(27-14)25-16(26)15(11-3-4-18(20,21)6-11)10-1-2-12(7-22)13(5-10)8-23/h1-2,5,9,11,15H,3-4,6H2,(H,24,25,26)/t11-,15+/m0/s1. The molecule has 1 N–H and O–H groups in total. The van der Waals surface area contributed by atoms with E-state index in [0.717, 1.165) is 11.3 Å². The quantitative estimate of drug-likeness (QED) is 0.796. The van der Waals surface area contributed by atoms with Crippen molar-refractivity contribution in [1.82, 2.24) is 4.98 Å². The third-order valence-corrected chi connectivity index (χ3v) is 5.58. The van der Waals surface area contributed by atoms with Crippen LogP contribution >= 0.6 is 22.9 Å². The van der Waals surface area contributed by atoms with Gasteiger partial charge in [-0.1, -0.05) is 29.0 Å². The number of carbonyl (C=O) groups is 1. The molecular weight excluding hydrogens is 394 g/mol. The molecule has 1 fully saturated rings. The first-order chi connectivity index (χ1) is 12.8. The van der Waals surface area contributed by atoms with Gasteiger partial charge in [0.2, 0.25) is 11.8 Å². The lowest BCUT2D eigenvalue weighted by Crippen LogP contribution is -2.27. The van der Waals surface area contributed by atoms with Gasteiger partial charge >= 0.3 is 0 Å². The van der Waals surface area contributed by atoms with Crippen molar-refractivity contribution in [1.29, 1.82) is 10.5 Å². The lowest BCUT2D eigenvalue weighted by molar-refractivity contribution is -0.118. The Morgan fingerprint density at radius 3 is 2.67 bits per heavy atom. The van der Waals surface area contributed by atoms with Gasteiger partial charge in [-0.3, -0.25) is 4.79 Å². The number of carbonyl (C=O) groups excluding carboxylic acids is 1. The number of aromatic nitrogens is 1. The monoisotopic (exact) mass is 406 g/mol. The van der Waals surface area contributed by atoms with Crippen LogP contribution in [-0.4, -0.2) is 16.8 Å². The number of halogens is 3. The third-order valence-electron chi connectivity index (χ3n) is 4.55. The SMILES string of the molecule is N#Cc1ccc([C@@H](C(=O)Nc2ncc(Cl)s2)[C@H]2CCC(F)(F)C2)cc1C#N. The zero-order valence-corrected chi connectivity index (χ0v) is 15.4.